The summed E-state index contributed by atoms with van der Waals surface area (Å²) in [4.78, 5) is 56.2. The van der Waals surface area contributed by atoms with E-state index in [1.165, 1.54) is 48.9 Å². The van der Waals surface area contributed by atoms with Crippen molar-refractivity contribution >= 4 is 41.8 Å². The minimum Gasteiger partial charge on any atom is -0.489 e. The van der Waals surface area contributed by atoms with Gasteiger partial charge in [-0.2, -0.15) is 0 Å². The fourth-order valence-electron chi connectivity index (χ4n) is 11.5. The first-order chi connectivity index (χ1) is 35.5. The molecule has 5 saturated heterocycles. The van der Waals surface area contributed by atoms with Gasteiger partial charge < -0.3 is 60.5 Å². The zero-order chi connectivity index (χ0) is 52.9. The highest BCUT2D eigenvalue weighted by atomic mass is 35.5. The molecule has 0 radical (unpaired) electrons. The number of urea groups is 1. The summed E-state index contributed by atoms with van der Waals surface area (Å²) < 4.78 is 7.55. The quantitative estimate of drug-likeness (QED) is 0.0246. The van der Waals surface area contributed by atoms with E-state index < -0.39 is 36.4 Å². The Morgan fingerprint density at radius 1 is 0.707 bits per heavy atom. The van der Waals surface area contributed by atoms with Crippen LogP contribution in [-0.4, -0.2) is 134 Å². The molecule has 1 spiro atoms. The van der Waals surface area contributed by atoms with Gasteiger partial charge >= 0.3 is 6.03 Å². The number of rotatable bonds is 26. The van der Waals surface area contributed by atoms with Crippen molar-refractivity contribution in [2.75, 3.05) is 50.8 Å². The highest BCUT2D eigenvalue weighted by Gasteiger charge is 2.62. The third-order valence-corrected chi connectivity index (χ3v) is 16.1. The smallest absolute Gasteiger partial charge is 0.317 e. The van der Waals surface area contributed by atoms with Crippen LogP contribution in [0.2, 0.25) is 0 Å². The maximum absolute atomic E-state index is 14.4. The Hall–Kier alpha value is -4.81. The number of aliphatic hydroxyl groups excluding tert-OH is 5. The summed E-state index contributed by atoms with van der Waals surface area (Å²) in [7, 11) is 0. The van der Waals surface area contributed by atoms with Crippen LogP contribution in [0.15, 0.2) is 72.8 Å². The molecule has 5 fully saturated rings. The highest BCUT2D eigenvalue weighted by molar-refractivity contribution is 6.06. The number of nitrogens with one attached hydrogen (secondary N) is 3. The number of β-lactam (4-membered cyclic amide) rings is 1. The topological polar surface area (TPSA) is 221 Å². The first-order valence-corrected chi connectivity index (χ1v) is 27.5. The molecule has 8 rings (SSSR count). The number of halogens is 1. The Kier molecular flexibility index (Phi) is 21.8. The minimum absolute atomic E-state index is 0. The zero-order valence-electron chi connectivity index (χ0n) is 44.6. The Morgan fingerprint density at radius 3 is 1.79 bits per heavy atom. The molecule has 17 heteroatoms. The second kappa shape index (κ2) is 27.5. The Morgan fingerprint density at radius 2 is 1.23 bits per heavy atom. The van der Waals surface area contributed by atoms with Crippen molar-refractivity contribution in [1.29, 1.82) is 0 Å². The van der Waals surface area contributed by atoms with E-state index in [0.29, 0.717) is 51.9 Å². The number of likely N-dealkylation sites (tertiary alicyclic amines) is 1. The number of carbonyl (C=O) groups is 4. The van der Waals surface area contributed by atoms with Gasteiger partial charge in [-0.1, -0.05) is 87.1 Å². The molecule has 1 unspecified atom stereocenters. The van der Waals surface area contributed by atoms with Crippen molar-refractivity contribution < 1.29 is 53.9 Å². The molecule has 414 valence electrons. The van der Waals surface area contributed by atoms with Crippen molar-refractivity contribution in [3.63, 3.8) is 0 Å². The van der Waals surface area contributed by atoms with Gasteiger partial charge in [0, 0.05) is 55.8 Å². The van der Waals surface area contributed by atoms with E-state index in [2.05, 4.69) is 52.3 Å². The summed E-state index contributed by atoms with van der Waals surface area (Å²) in [5.41, 5.74) is 4.27. The number of carbonyl (C=O) groups excluding carboxylic acids is 4. The summed E-state index contributed by atoms with van der Waals surface area (Å²) >= 11 is 0. The molecule has 5 heterocycles. The van der Waals surface area contributed by atoms with Gasteiger partial charge in [0.1, 0.15) is 37.2 Å². The van der Waals surface area contributed by atoms with Crippen LogP contribution >= 0.6 is 12.4 Å². The van der Waals surface area contributed by atoms with Crippen molar-refractivity contribution in [2.24, 2.45) is 11.3 Å². The van der Waals surface area contributed by atoms with Gasteiger partial charge in [0.2, 0.25) is 17.7 Å². The Balaban J connectivity index is 0.00000914. The molecule has 16 nitrogen and oxygen atoms in total. The van der Waals surface area contributed by atoms with Gasteiger partial charge in [-0.15, -0.1) is 12.4 Å². The standard InChI is InChI=1S/C58H84N6O10.ClH/c1-57(2,3)61-56(73)62-31-29-58(30-32-62)54(45-20-24-47(25-21-45)74-40-44-16-14-43(15-17-44)38-64-33-26-41(27-34-64)28-35-64)63(55(58)72)46-22-18-42(19-23-46)36-59-50(68)12-10-8-6-4-5-7-9-11-13-51(69)60-37-48(66)52(70)53(71)49(67)39-65;/h14-25,41,48-49,52-54,65-67,70-71H,4-13,26-40H2,1-3H3,(H2-,59,60,61,68,69,73);1H/p+1/t41?,48-,49+,52+,53+,54?,64?;/m0./s1. The van der Waals surface area contributed by atoms with Crippen LogP contribution in [0.5, 0.6) is 5.75 Å². The Labute approximate surface area is 450 Å². The monoisotopic (exact) mass is 1060 g/mol. The van der Waals surface area contributed by atoms with E-state index in [-0.39, 0.29) is 60.7 Å². The molecular formula is C58H86ClN6O10+. The van der Waals surface area contributed by atoms with Crippen molar-refractivity contribution in [3.05, 3.63) is 95.1 Å². The second-order valence-electron chi connectivity index (χ2n) is 22.9. The van der Waals surface area contributed by atoms with E-state index in [1.54, 1.807) is 0 Å². The molecule has 5 amide bonds. The number of benzene rings is 3. The lowest BCUT2D eigenvalue weighted by molar-refractivity contribution is -0.955. The maximum atomic E-state index is 14.4. The minimum atomic E-state index is -1.73. The number of hydrogen-bond donors (Lipinski definition) is 8. The first-order valence-electron chi connectivity index (χ1n) is 27.5. The Bertz CT molecular complexity index is 2270. The van der Waals surface area contributed by atoms with Gasteiger partial charge in [0.25, 0.3) is 0 Å². The second-order valence-corrected chi connectivity index (χ2v) is 22.9. The molecule has 8 N–H and O–H groups in total. The maximum Gasteiger partial charge on any atom is 0.317 e. The van der Waals surface area contributed by atoms with Crippen LogP contribution in [0.25, 0.3) is 0 Å². The molecule has 0 saturated carbocycles. The molecular weight excluding hydrogens is 976 g/mol. The average Bonchev–Trinajstić information content (AvgIpc) is 3.41. The fourth-order valence-corrected chi connectivity index (χ4v) is 11.5. The number of hydrogen-bond acceptors (Lipinski definition) is 10. The van der Waals surface area contributed by atoms with Crippen LogP contribution in [0.3, 0.4) is 0 Å². The fraction of sp³-hybridized carbons (Fsp3) is 0.621. The number of piperidine rings is 4. The van der Waals surface area contributed by atoms with Gasteiger partial charge in [-0.05, 0) is 113 Å². The number of fused-ring (bicyclic) bond motifs is 3. The van der Waals surface area contributed by atoms with Crippen LogP contribution in [0, 0.1) is 11.3 Å². The normalized spacial score (nSPS) is 21.6. The molecule has 3 aromatic rings. The predicted octanol–water partition coefficient (Wildman–Crippen LogP) is 6.57. The number of aliphatic hydroxyl groups is 5. The number of ether oxygens (including phenoxy) is 1. The van der Waals surface area contributed by atoms with E-state index in [1.807, 2.05) is 67.0 Å². The van der Waals surface area contributed by atoms with Crippen LogP contribution < -0.4 is 25.6 Å². The molecule has 5 atom stereocenters. The largest absolute Gasteiger partial charge is 0.489 e. The van der Waals surface area contributed by atoms with Gasteiger partial charge in [-0.25, -0.2) is 4.79 Å². The number of unbranched alkanes of at least 4 members (excludes halogenated alkanes) is 7. The average molecular weight is 1060 g/mol. The third-order valence-electron chi connectivity index (χ3n) is 16.1. The summed E-state index contributed by atoms with van der Waals surface area (Å²) in [6.45, 7) is 11.7. The van der Waals surface area contributed by atoms with E-state index in [0.717, 1.165) is 85.5 Å². The lowest BCUT2D eigenvalue weighted by atomic mass is 9.62. The number of amides is 5. The zero-order valence-corrected chi connectivity index (χ0v) is 45.4. The number of anilines is 1. The molecule has 0 aliphatic carbocycles. The number of nitrogens with zero attached hydrogens (tertiary/aromatic N) is 3. The lowest BCUT2D eigenvalue weighted by Crippen LogP contribution is -2.67. The van der Waals surface area contributed by atoms with Crippen LogP contribution in [0.4, 0.5) is 10.5 Å². The third kappa shape index (κ3) is 16.1. The molecule has 3 aromatic carbocycles. The van der Waals surface area contributed by atoms with Gasteiger partial charge in [0.05, 0.1) is 43.8 Å². The van der Waals surface area contributed by atoms with E-state index >= 15 is 0 Å². The van der Waals surface area contributed by atoms with Crippen molar-refractivity contribution in [1.82, 2.24) is 20.9 Å². The van der Waals surface area contributed by atoms with Crippen molar-refractivity contribution in [2.45, 2.75) is 173 Å². The van der Waals surface area contributed by atoms with E-state index in [9.17, 15) is 39.6 Å². The SMILES string of the molecule is CC(C)(C)NC(=O)N1CCC2(CC1)C(=O)N(c1ccc(CNC(=O)CCCCCCCCCCC(=O)NC[C@H](O)[C@@H](O)[C@H](O)[C@H](O)CO)cc1)C2c1ccc(OCc2ccc(C[N+]34CCC(CC3)CC4)cc2)cc1.Cl. The van der Waals surface area contributed by atoms with Gasteiger partial charge in [0.15, 0.2) is 0 Å². The predicted molar refractivity (Wildman–Crippen MR) is 291 cm³/mol. The molecule has 5 aliphatic rings. The van der Waals surface area contributed by atoms with Crippen LogP contribution in [-0.2, 0) is 34.1 Å². The highest BCUT2D eigenvalue weighted by Crippen LogP contribution is 2.57. The first kappa shape index (κ1) is 59.4. The molecule has 75 heavy (non-hydrogen) atoms. The molecule has 0 aromatic heterocycles. The summed E-state index contributed by atoms with van der Waals surface area (Å²) in [6, 6.07) is 24.6. The van der Waals surface area contributed by atoms with Gasteiger partial charge in [-0.3, -0.25) is 14.4 Å². The molecule has 2 bridgehead atoms. The summed E-state index contributed by atoms with van der Waals surface area (Å²) in [5.74, 6) is 1.50. The summed E-state index contributed by atoms with van der Waals surface area (Å²) in [6.07, 6.45) is 6.78. The van der Waals surface area contributed by atoms with E-state index in [4.69, 9.17) is 9.84 Å². The summed E-state index contributed by atoms with van der Waals surface area (Å²) in [5, 5.41) is 56.5. The van der Waals surface area contributed by atoms with Crippen molar-refractivity contribution in [3.8, 4) is 5.75 Å². The molecule has 5 aliphatic heterocycles. The van der Waals surface area contributed by atoms with Crippen LogP contribution in [0.1, 0.15) is 145 Å². The number of quaternary nitrogens is 1. The lowest BCUT2D eigenvalue weighted by Gasteiger charge is -2.59.